The molecule has 0 spiro atoms. The molecule has 140 valence electrons. The van der Waals surface area contributed by atoms with Crippen molar-refractivity contribution in [2.75, 3.05) is 11.1 Å². The van der Waals surface area contributed by atoms with Gasteiger partial charge >= 0.3 is 0 Å². The van der Waals surface area contributed by atoms with E-state index >= 15 is 0 Å². The Hall–Kier alpha value is -2.74. The van der Waals surface area contributed by atoms with Crippen molar-refractivity contribution < 1.29 is 13.6 Å². The topological polar surface area (TPSA) is 74.8 Å². The molecule has 0 atom stereocenters. The van der Waals surface area contributed by atoms with Crippen molar-refractivity contribution in [3.05, 3.63) is 63.9 Å². The molecule has 1 heterocycles. The van der Waals surface area contributed by atoms with E-state index in [2.05, 4.69) is 15.3 Å². The SMILES string of the molecule is Cc1ccc2c(=O)[nH]c(SCCCC(=O)Nc3ccc(F)cc3)nc2c1F. The van der Waals surface area contributed by atoms with Crippen LogP contribution in [-0.4, -0.2) is 21.6 Å². The van der Waals surface area contributed by atoms with Gasteiger partial charge in [-0.1, -0.05) is 17.8 Å². The van der Waals surface area contributed by atoms with Crippen molar-refractivity contribution in [1.82, 2.24) is 9.97 Å². The molecule has 0 radical (unpaired) electrons. The van der Waals surface area contributed by atoms with Gasteiger partial charge in [0.15, 0.2) is 11.0 Å². The highest BCUT2D eigenvalue weighted by molar-refractivity contribution is 7.99. The Kier molecular flexibility index (Phi) is 5.85. The van der Waals surface area contributed by atoms with E-state index in [0.717, 1.165) is 0 Å². The summed E-state index contributed by atoms with van der Waals surface area (Å²) in [5.74, 6) is -0.533. The first kappa shape index (κ1) is 19.0. The van der Waals surface area contributed by atoms with Gasteiger partial charge in [0.2, 0.25) is 5.91 Å². The van der Waals surface area contributed by atoms with Crippen LogP contribution in [0.5, 0.6) is 0 Å². The van der Waals surface area contributed by atoms with Crippen LogP contribution in [0.4, 0.5) is 14.5 Å². The number of H-pyrrole nitrogens is 1. The highest BCUT2D eigenvalue weighted by Crippen LogP contribution is 2.20. The summed E-state index contributed by atoms with van der Waals surface area (Å²) in [7, 11) is 0. The van der Waals surface area contributed by atoms with Crippen LogP contribution in [0.1, 0.15) is 18.4 Å². The average molecular weight is 389 g/mol. The molecule has 27 heavy (non-hydrogen) atoms. The highest BCUT2D eigenvalue weighted by Gasteiger charge is 2.11. The molecule has 0 aliphatic carbocycles. The third kappa shape index (κ3) is 4.71. The molecule has 1 amide bonds. The maximum absolute atomic E-state index is 14.2. The van der Waals surface area contributed by atoms with E-state index in [-0.39, 0.29) is 29.0 Å². The number of hydrogen-bond acceptors (Lipinski definition) is 4. The van der Waals surface area contributed by atoms with Gasteiger partial charge in [-0.05, 0) is 49.2 Å². The van der Waals surface area contributed by atoms with E-state index in [0.29, 0.717) is 28.6 Å². The Bertz CT molecular complexity index is 1040. The van der Waals surface area contributed by atoms with E-state index in [9.17, 15) is 18.4 Å². The van der Waals surface area contributed by atoms with Gasteiger partial charge in [-0.2, -0.15) is 0 Å². The van der Waals surface area contributed by atoms with Gasteiger partial charge in [0, 0.05) is 17.9 Å². The highest BCUT2D eigenvalue weighted by atomic mass is 32.2. The second kappa shape index (κ2) is 8.30. The molecule has 3 rings (SSSR count). The third-order valence-corrected chi connectivity index (χ3v) is 4.86. The number of benzene rings is 2. The third-order valence-electron chi connectivity index (χ3n) is 3.90. The zero-order chi connectivity index (χ0) is 19.4. The van der Waals surface area contributed by atoms with Crippen molar-refractivity contribution in [2.45, 2.75) is 24.9 Å². The molecule has 0 bridgehead atoms. The Balaban J connectivity index is 1.56. The number of carbonyl (C=O) groups excluding carboxylic acids is 1. The Morgan fingerprint density at radius 1 is 1.19 bits per heavy atom. The summed E-state index contributed by atoms with van der Waals surface area (Å²) in [4.78, 5) is 30.8. The number of halogens is 2. The number of hydrogen-bond donors (Lipinski definition) is 2. The van der Waals surface area contributed by atoms with Crippen molar-refractivity contribution >= 4 is 34.3 Å². The predicted molar refractivity (Wildman–Crippen MR) is 102 cm³/mol. The fourth-order valence-electron chi connectivity index (χ4n) is 2.48. The molecule has 2 aromatic carbocycles. The number of nitrogens with zero attached hydrogens (tertiary/aromatic N) is 1. The van der Waals surface area contributed by atoms with Crippen molar-refractivity contribution in [3.8, 4) is 0 Å². The molecular weight excluding hydrogens is 372 g/mol. The summed E-state index contributed by atoms with van der Waals surface area (Å²) >= 11 is 1.25. The molecule has 2 N–H and O–H groups in total. The Labute approximate surface area is 158 Å². The number of thioether (sulfide) groups is 1. The number of fused-ring (bicyclic) bond motifs is 1. The summed E-state index contributed by atoms with van der Waals surface area (Å²) in [5.41, 5.74) is 0.611. The standard InChI is InChI=1S/C19H17F2N3O2S/c1-11-4-9-14-17(16(11)21)23-19(24-18(14)26)27-10-2-3-15(25)22-13-7-5-12(20)6-8-13/h4-9H,2-3,10H2,1H3,(H,22,25)(H,23,24,26). The monoisotopic (exact) mass is 389 g/mol. The maximum Gasteiger partial charge on any atom is 0.259 e. The van der Waals surface area contributed by atoms with Crippen LogP contribution in [0.15, 0.2) is 46.3 Å². The normalized spacial score (nSPS) is 10.9. The summed E-state index contributed by atoms with van der Waals surface area (Å²) in [6, 6.07) is 8.61. The number of amides is 1. The molecule has 1 aromatic heterocycles. The molecule has 5 nitrogen and oxygen atoms in total. The summed E-state index contributed by atoms with van der Waals surface area (Å²) < 4.78 is 27.0. The quantitative estimate of drug-likeness (QED) is 0.379. The number of rotatable bonds is 6. The van der Waals surface area contributed by atoms with Crippen LogP contribution in [0, 0.1) is 18.6 Å². The van der Waals surface area contributed by atoms with Crippen LogP contribution in [0.3, 0.4) is 0 Å². The molecule has 0 aliphatic rings. The minimum absolute atomic E-state index is 0.0512. The van der Waals surface area contributed by atoms with Crippen molar-refractivity contribution in [3.63, 3.8) is 0 Å². The number of carbonyl (C=O) groups is 1. The van der Waals surface area contributed by atoms with E-state index in [4.69, 9.17) is 0 Å². The summed E-state index contributed by atoms with van der Waals surface area (Å²) in [6.45, 7) is 1.62. The van der Waals surface area contributed by atoms with Crippen LogP contribution < -0.4 is 10.9 Å². The van der Waals surface area contributed by atoms with Crippen LogP contribution in [0.2, 0.25) is 0 Å². The van der Waals surface area contributed by atoms with Gasteiger partial charge in [-0.25, -0.2) is 13.8 Å². The zero-order valence-corrected chi connectivity index (χ0v) is 15.3. The maximum atomic E-state index is 14.2. The van der Waals surface area contributed by atoms with Crippen LogP contribution in [-0.2, 0) is 4.79 Å². The lowest BCUT2D eigenvalue weighted by atomic mass is 10.1. The fraction of sp³-hybridized carbons (Fsp3) is 0.211. The number of aromatic amines is 1. The first-order valence-electron chi connectivity index (χ1n) is 8.31. The molecule has 0 saturated carbocycles. The number of nitrogens with one attached hydrogen (secondary N) is 2. The largest absolute Gasteiger partial charge is 0.326 e. The van der Waals surface area contributed by atoms with E-state index < -0.39 is 11.4 Å². The minimum atomic E-state index is -0.501. The lowest BCUT2D eigenvalue weighted by Gasteiger charge is -2.06. The Morgan fingerprint density at radius 2 is 1.93 bits per heavy atom. The smallest absolute Gasteiger partial charge is 0.259 e. The number of aromatic nitrogens is 2. The predicted octanol–water partition coefficient (Wildman–Crippen LogP) is 4.02. The van der Waals surface area contributed by atoms with Crippen molar-refractivity contribution in [2.24, 2.45) is 0 Å². The Morgan fingerprint density at radius 3 is 2.67 bits per heavy atom. The van der Waals surface area contributed by atoms with Gasteiger partial charge in [0.1, 0.15) is 11.3 Å². The molecule has 3 aromatic rings. The van der Waals surface area contributed by atoms with E-state index in [1.165, 1.54) is 36.0 Å². The minimum Gasteiger partial charge on any atom is -0.326 e. The lowest BCUT2D eigenvalue weighted by Crippen LogP contribution is -2.12. The molecule has 0 fully saturated rings. The molecule has 0 saturated heterocycles. The van der Waals surface area contributed by atoms with E-state index in [1.807, 2.05) is 0 Å². The van der Waals surface area contributed by atoms with Gasteiger partial charge in [0.05, 0.1) is 5.39 Å². The lowest BCUT2D eigenvalue weighted by molar-refractivity contribution is -0.116. The van der Waals surface area contributed by atoms with Crippen LogP contribution in [0.25, 0.3) is 10.9 Å². The van der Waals surface area contributed by atoms with Gasteiger partial charge in [-0.15, -0.1) is 0 Å². The van der Waals surface area contributed by atoms with Crippen molar-refractivity contribution in [1.29, 1.82) is 0 Å². The molecule has 8 heteroatoms. The second-order valence-electron chi connectivity index (χ2n) is 5.97. The first-order chi connectivity index (χ1) is 12.9. The van der Waals surface area contributed by atoms with Gasteiger partial charge in [-0.3, -0.25) is 9.59 Å². The summed E-state index contributed by atoms with van der Waals surface area (Å²) in [5, 5.41) is 3.20. The average Bonchev–Trinajstić information content (AvgIpc) is 2.64. The number of aryl methyl sites for hydroxylation is 1. The second-order valence-corrected chi connectivity index (χ2v) is 7.05. The van der Waals surface area contributed by atoms with Crippen LogP contribution >= 0.6 is 11.8 Å². The number of anilines is 1. The first-order valence-corrected chi connectivity index (χ1v) is 9.30. The van der Waals surface area contributed by atoms with E-state index in [1.54, 1.807) is 19.1 Å². The molecule has 0 unspecified atom stereocenters. The fourth-order valence-corrected chi connectivity index (χ4v) is 3.28. The van der Waals surface area contributed by atoms with Gasteiger partial charge in [0.25, 0.3) is 5.56 Å². The summed E-state index contributed by atoms with van der Waals surface area (Å²) in [6.07, 6.45) is 0.797. The molecule has 0 aliphatic heterocycles. The van der Waals surface area contributed by atoms with Gasteiger partial charge < -0.3 is 10.3 Å². The molecular formula is C19H17F2N3O2S. The zero-order valence-electron chi connectivity index (χ0n) is 14.5.